The molecular formula is C14H21N3O3S2. The first-order valence-corrected chi connectivity index (χ1v) is 9.84. The van der Waals surface area contributed by atoms with Crippen molar-refractivity contribution in [3.63, 3.8) is 0 Å². The van der Waals surface area contributed by atoms with Crippen LogP contribution in [0.25, 0.3) is 0 Å². The topological polar surface area (TPSA) is 101 Å². The van der Waals surface area contributed by atoms with Gasteiger partial charge in [0, 0.05) is 23.2 Å². The molecule has 1 aliphatic rings. The van der Waals surface area contributed by atoms with E-state index < -0.39 is 10.0 Å². The number of anilines is 1. The van der Waals surface area contributed by atoms with Crippen LogP contribution in [0.3, 0.4) is 0 Å². The van der Waals surface area contributed by atoms with Crippen molar-refractivity contribution in [2.24, 2.45) is 5.14 Å². The largest absolute Gasteiger partial charge is 0.337 e. The molecule has 22 heavy (non-hydrogen) atoms. The van der Waals surface area contributed by atoms with E-state index in [4.69, 9.17) is 5.14 Å². The number of rotatable bonds is 6. The third-order valence-corrected chi connectivity index (χ3v) is 5.80. The number of benzene rings is 1. The Balaban J connectivity index is 1.70. The van der Waals surface area contributed by atoms with E-state index in [1.165, 1.54) is 49.9 Å². The van der Waals surface area contributed by atoms with Crippen LogP contribution in [0.2, 0.25) is 0 Å². The highest BCUT2D eigenvalue weighted by molar-refractivity contribution is 7.99. The fraction of sp³-hybridized carbons (Fsp3) is 0.500. The highest BCUT2D eigenvalue weighted by atomic mass is 32.2. The summed E-state index contributed by atoms with van der Waals surface area (Å²) in [6.45, 7) is 0.613. The maximum atomic E-state index is 11.7. The predicted octanol–water partition coefficient (Wildman–Crippen LogP) is 2.13. The Kier molecular flexibility index (Phi) is 6.10. The number of amides is 2. The summed E-state index contributed by atoms with van der Waals surface area (Å²) in [5.74, 6) is 0.905. The molecule has 0 unspecified atom stereocenters. The van der Waals surface area contributed by atoms with Gasteiger partial charge in [0.05, 0.1) is 4.90 Å². The van der Waals surface area contributed by atoms with Crippen LogP contribution in [-0.4, -0.2) is 32.0 Å². The molecule has 0 radical (unpaired) electrons. The van der Waals surface area contributed by atoms with Crippen LogP contribution in [0.4, 0.5) is 10.5 Å². The number of sulfonamides is 1. The second kappa shape index (κ2) is 7.85. The average molecular weight is 343 g/mol. The van der Waals surface area contributed by atoms with E-state index in [0.29, 0.717) is 12.2 Å². The number of hydrogen-bond acceptors (Lipinski definition) is 4. The number of thioether (sulfide) groups is 1. The van der Waals surface area contributed by atoms with Crippen molar-refractivity contribution in [2.45, 2.75) is 35.8 Å². The van der Waals surface area contributed by atoms with E-state index in [1.54, 1.807) is 0 Å². The van der Waals surface area contributed by atoms with E-state index in [1.807, 2.05) is 11.8 Å². The molecule has 4 N–H and O–H groups in total. The molecular weight excluding hydrogens is 322 g/mol. The van der Waals surface area contributed by atoms with Crippen molar-refractivity contribution in [3.05, 3.63) is 24.3 Å². The summed E-state index contributed by atoms with van der Waals surface area (Å²) in [7, 11) is -3.70. The fourth-order valence-electron chi connectivity index (χ4n) is 2.35. The second-order valence-corrected chi connectivity index (χ2v) is 8.20. The maximum absolute atomic E-state index is 11.7. The van der Waals surface area contributed by atoms with Gasteiger partial charge in [-0.1, -0.05) is 12.8 Å². The Morgan fingerprint density at radius 3 is 2.45 bits per heavy atom. The van der Waals surface area contributed by atoms with Gasteiger partial charge in [-0.15, -0.1) is 0 Å². The molecule has 0 atom stereocenters. The first kappa shape index (κ1) is 17.1. The molecule has 1 aromatic carbocycles. The molecule has 0 bridgehead atoms. The van der Waals surface area contributed by atoms with Gasteiger partial charge in [-0.2, -0.15) is 11.8 Å². The highest BCUT2D eigenvalue weighted by Gasteiger charge is 2.14. The number of nitrogens with one attached hydrogen (secondary N) is 2. The lowest BCUT2D eigenvalue weighted by atomic mass is 10.3. The molecule has 0 spiro atoms. The van der Waals surface area contributed by atoms with Gasteiger partial charge in [-0.05, 0) is 37.1 Å². The van der Waals surface area contributed by atoms with Crippen molar-refractivity contribution >= 4 is 33.5 Å². The number of hydrogen-bond donors (Lipinski definition) is 3. The minimum absolute atomic E-state index is 0.0198. The molecule has 2 rings (SSSR count). The van der Waals surface area contributed by atoms with Gasteiger partial charge in [0.15, 0.2) is 0 Å². The third kappa shape index (κ3) is 5.51. The van der Waals surface area contributed by atoms with Crippen molar-refractivity contribution in [1.29, 1.82) is 0 Å². The third-order valence-electron chi connectivity index (χ3n) is 3.48. The molecule has 1 aromatic rings. The van der Waals surface area contributed by atoms with Crippen LogP contribution in [0.15, 0.2) is 29.2 Å². The zero-order chi connectivity index (χ0) is 16.0. The van der Waals surface area contributed by atoms with Gasteiger partial charge in [0.1, 0.15) is 0 Å². The lowest BCUT2D eigenvalue weighted by Gasteiger charge is -2.10. The monoisotopic (exact) mass is 343 g/mol. The number of urea groups is 1. The number of primary sulfonamides is 1. The van der Waals surface area contributed by atoms with E-state index >= 15 is 0 Å². The van der Waals surface area contributed by atoms with Gasteiger partial charge >= 0.3 is 6.03 Å². The molecule has 8 heteroatoms. The van der Waals surface area contributed by atoms with E-state index in [-0.39, 0.29) is 10.9 Å². The predicted molar refractivity (Wildman–Crippen MR) is 89.6 cm³/mol. The SMILES string of the molecule is NS(=O)(=O)c1ccc(NC(=O)NCCSC2CCCC2)cc1. The molecule has 0 aliphatic heterocycles. The van der Waals surface area contributed by atoms with Gasteiger partial charge in [0.25, 0.3) is 0 Å². The van der Waals surface area contributed by atoms with Gasteiger partial charge in [-0.3, -0.25) is 0 Å². The van der Waals surface area contributed by atoms with Crippen LogP contribution in [0, 0.1) is 0 Å². The van der Waals surface area contributed by atoms with Crippen LogP contribution in [0.1, 0.15) is 25.7 Å². The molecule has 0 saturated heterocycles. The zero-order valence-corrected chi connectivity index (χ0v) is 13.9. The van der Waals surface area contributed by atoms with Crippen molar-refractivity contribution < 1.29 is 13.2 Å². The minimum Gasteiger partial charge on any atom is -0.337 e. The molecule has 0 heterocycles. The molecule has 0 aromatic heterocycles. The van der Waals surface area contributed by atoms with E-state index in [9.17, 15) is 13.2 Å². The summed E-state index contributed by atoms with van der Waals surface area (Å²) in [6, 6.07) is 5.44. The van der Waals surface area contributed by atoms with E-state index in [2.05, 4.69) is 10.6 Å². The Morgan fingerprint density at radius 1 is 1.23 bits per heavy atom. The standard InChI is InChI=1S/C14H21N3O3S2/c15-22(19,20)13-7-5-11(6-8-13)17-14(18)16-9-10-21-12-3-1-2-4-12/h5-8,12H,1-4,9-10H2,(H2,15,19,20)(H2,16,17,18). The van der Waals surface area contributed by atoms with Crippen LogP contribution >= 0.6 is 11.8 Å². The smallest absolute Gasteiger partial charge is 0.319 e. The normalized spacial score (nSPS) is 15.7. The summed E-state index contributed by atoms with van der Waals surface area (Å²) in [6.07, 6.45) is 5.21. The Bertz CT molecular complexity index is 596. The lowest BCUT2D eigenvalue weighted by Crippen LogP contribution is -2.30. The number of carbonyl (C=O) groups is 1. The molecule has 1 aliphatic carbocycles. The Morgan fingerprint density at radius 2 is 1.86 bits per heavy atom. The molecule has 122 valence electrons. The Hall–Kier alpha value is -1.25. The van der Waals surface area contributed by atoms with Crippen molar-refractivity contribution in [2.75, 3.05) is 17.6 Å². The molecule has 1 saturated carbocycles. The van der Waals surface area contributed by atoms with E-state index in [0.717, 1.165) is 11.0 Å². The quantitative estimate of drug-likeness (QED) is 0.689. The van der Waals surface area contributed by atoms with Gasteiger partial charge in [-0.25, -0.2) is 18.4 Å². The summed E-state index contributed by atoms with van der Waals surface area (Å²) in [4.78, 5) is 11.7. The van der Waals surface area contributed by atoms with Crippen LogP contribution < -0.4 is 15.8 Å². The summed E-state index contributed by atoms with van der Waals surface area (Å²) in [5.41, 5.74) is 0.522. The lowest BCUT2D eigenvalue weighted by molar-refractivity contribution is 0.252. The van der Waals surface area contributed by atoms with Crippen LogP contribution in [0.5, 0.6) is 0 Å². The molecule has 1 fully saturated rings. The molecule has 2 amide bonds. The first-order valence-electron chi connectivity index (χ1n) is 7.24. The van der Waals surface area contributed by atoms with Gasteiger partial charge < -0.3 is 10.6 Å². The number of carbonyl (C=O) groups excluding carboxylic acids is 1. The second-order valence-electron chi connectivity index (χ2n) is 5.23. The maximum Gasteiger partial charge on any atom is 0.319 e. The molecule has 6 nitrogen and oxygen atoms in total. The summed E-state index contributed by atoms with van der Waals surface area (Å²) < 4.78 is 22.3. The zero-order valence-electron chi connectivity index (χ0n) is 12.2. The Labute approximate surface area is 135 Å². The summed E-state index contributed by atoms with van der Waals surface area (Å²) in [5, 5.41) is 11.2. The fourth-order valence-corrected chi connectivity index (χ4v) is 4.08. The van der Waals surface area contributed by atoms with Crippen molar-refractivity contribution in [3.8, 4) is 0 Å². The number of nitrogens with two attached hydrogens (primary N) is 1. The average Bonchev–Trinajstić information content (AvgIpc) is 2.96. The van der Waals surface area contributed by atoms with Gasteiger partial charge in [0.2, 0.25) is 10.0 Å². The highest BCUT2D eigenvalue weighted by Crippen LogP contribution is 2.28. The van der Waals surface area contributed by atoms with Crippen molar-refractivity contribution in [1.82, 2.24) is 5.32 Å². The first-order chi connectivity index (χ1) is 10.4. The summed E-state index contributed by atoms with van der Waals surface area (Å²) >= 11 is 1.91. The van der Waals surface area contributed by atoms with Crippen LogP contribution in [-0.2, 0) is 10.0 Å². The minimum atomic E-state index is -3.70.